The molecule has 0 bridgehead atoms. The molecular formula is C17H22N2O2. The number of nitrogens with zero attached hydrogens (tertiary/aromatic N) is 1. The van der Waals surface area contributed by atoms with Gasteiger partial charge in [0.1, 0.15) is 5.75 Å². The van der Waals surface area contributed by atoms with Gasteiger partial charge in [-0.1, -0.05) is 18.2 Å². The van der Waals surface area contributed by atoms with Crippen LogP contribution in [0.1, 0.15) is 31.9 Å². The highest BCUT2D eigenvalue weighted by Crippen LogP contribution is 2.20. The van der Waals surface area contributed by atoms with Crippen LogP contribution in [0.3, 0.4) is 0 Å². The van der Waals surface area contributed by atoms with E-state index in [1.54, 1.807) is 6.07 Å². The molecule has 0 aliphatic rings. The molecule has 0 aliphatic carbocycles. The highest BCUT2D eigenvalue weighted by atomic mass is 16.5. The van der Waals surface area contributed by atoms with Crippen LogP contribution in [0.5, 0.6) is 11.6 Å². The van der Waals surface area contributed by atoms with Crippen molar-refractivity contribution >= 4 is 0 Å². The monoisotopic (exact) mass is 286 g/mol. The second-order valence-electron chi connectivity index (χ2n) is 6.02. The molecule has 0 amide bonds. The summed E-state index contributed by atoms with van der Waals surface area (Å²) in [6.07, 6.45) is 1.81. The fraction of sp³-hybridized carbons (Fsp3) is 0.353. The zero-order chi connectivity index (χ0) is 15.3. The summed E-state index contributed by atoms with van der Waals surface area (Å²) >= 11 is 0. The van der Waals surface area contributed by atoms with Crippen molar-refractivity contribution in [3.05, 3.63) is 53.7 Å². The largest absolute Gasteiger partial charge is 0.439 e. The van der Waals surface area contributed by atoms with Gasteiger partial charge in [0.15, 0.2) is 0 Å². The quantitative estimate of drug-likeness (QED) is 0.886. The van der Waals surface area contributed by atoms with Gasteiger partial charge in [-0.3, -0.25) is 0 Å². The van der Waals surface area contributed by atoms with Gasteiger partial charge in [0.2, 0.25) is 5.88 Å². The Morgan fingerprint density at radius 3 is 2.57 bits per heavy atom. The van der Waals surface area contributed by atoms with Crippen LogP contribution >= 0.6 is 0 Å². The zero-order valence-electron chi connectivity index (χ0n) is 12.8. The third kappa shape index (κ3) is 5.17. The Bertz CT molecular complexity index is 574. The summed E-state index contributed by atoms with van der Waals surface area (Å²) in [6.45, 7) is 7.17. The lowest BCUT2D eigenvalue weighted by Crippen LogP contribution is -2.35. The highest BCUT2D eigenvalue weighted by Gasteiger charge is 2.08. The van der Waals surface area contributed by atoms with E-state index in [-0.39, 0.29) is 12.1 Å². The normalized spacial score (nSPS) is 11.4. The Morgan fingerprint density at radius 1 is 1.14 bits per heavy atom. The molecule has 0 saturated carbocycles. The fourth-order valence-corrected chi connectivity index (χ4v) is 1.77. The summed E-state index contributed by atoms with van der Waals surface area (Å²) in [6, 6.07) is 11.2. The van der Waals surface area contributed by atoms with Crippen LogP contribution in [0.25, 0.3) is 0 Å². The average molecular weight is 286 g/mol. The van der Waals surface area contributed by atoms with Crippen LogP contribution < -0.4 is 10.1 Å². The second kappa shape index (κ2) is 6.70. The standard InChI is InChI=1S/C17H22N2O2/c1-17(2,3)19-11-14-7-8-16(18-10-14)21-15-6-4-5-13(9-15)12-20/h4-10,19-20H,11-12H2,1-3H3. The molecule has 2 N–H and O–H groups in total. The summed E-state index contributed by atoms with van der Waals surface area (Å²) in [7, 11) is 0. The van der Waals surface area contributed by atoms with Crippen molar-refractivity contribution in [3.8, 4) is 11.6 Å². The molecule has 1 aromatic carbocycles. The molecule has 4 heteroatoms. The molecule has 0 spiro atoms. The maximum absolute atomic E-state index is 9.11. The lowest BCUT2D eigenvalue weighted by atomic mass is 10.1. The van der Waals surface area contributed by atoms with Gasteiger partial charge in [0, 0.05) is 24.3 Å². The molecule has 4 nitrogen and oxygen atoms in total. The molecule has 0 aliphatic heterocycles. The van der Waals surface area contributed by atoms with E-state index in [1.165, 1.54) is 0 Å². The first-order chi connectivity index (χ1) is 9.96. The smallest absolute Gasteiger partial charge is 0.219 e. The van der Waals surface area contributed by atoms with E-state index in [4.69, 9.17) is 9.84 Å². The molecule has 2 rings (SSSR count). The van der Waals surface area contributed by atoms with Crippen LogP contribution in [0.4, 0.5) is 0 Å². The Hall–Kier alpha value is -1.91. The number of aliphatic hydroxyl groups is 1. The Balaban J connectivity index is 1.98. The summed E-state index contributed by atoms with van der Waals surface area (Å²) in [4.78, 5) is 4.31. The first kappa shape index (κ1) is 15.5. The van der Waals surface area contributed by atoms with Crippen LogP contribution in [-0.4, -0.2) is 15.6 Å². The molecule has 0 atom stereocenters. The summed E-state index contributed by atoms with van der Waals surface area (Å²) in [5.74, 6) is 1.22. The van der Waals surface area contributed by atoms with E-state index >= 15 is 0 Å². The van der Waals surface area contributed by atoms with Crippen LogP contribution in [0.2, 0.25) is 0 Å². The van der Waals surface area contributed by atoms with Gasteiger partial charge in [-0.2, -0.15) is 0 Å². The van der Waals surface area contributed by atoms with Crippen molar-refractivity contribution in [2.75, 3.05) is 0 Å². The molecule has 1 heterocycles. The van der Waals surface area contributed by atoms with E-state index in [2.05, 4.69) is 31.1 Å². The van der Waals surface area contributed by atoms with Gasteiger partial charge >= 0.3 is 0 Å². The van der Waals surface area contributed by atoms with Crippen molar-refractivity contribution < 1.29 is 9.84 Å². The summed E-state index contributed by atoms with van der Waals surface area (Å²) in [5, 5.41) is 12.5. The van der Waals surface area contributed by atoms with E-state index in [9.17, 15) is 0 Å². The topological polar surface area (TPSA) is 54.4 Å². The Kier molecular flexibility index (Phi) is 4.94. The molecule has 112 valence electrons. The van der Waals surface area contributed by atoms with Crippen LogP contribution in [-0.2, 0) is 13.2 Å². The van der Waals surface area contributed by atoms with E-state index < -0.39 is 0 Å². The first-order valence-electron chi connectivity index (χ1n) is 7.04. The fourth-order valence-electron chi connectivity index (χ4n) is 1.77. The molecule has 2 aromatic rings. The van der Waals surface area contributed by atoms with Gasteiger partial charge in [-0.25, -0.2) is 4.98 Å². The minimum Gasteiger partial charge on any atom is -0.439 e. The number of aromatic nitrogens is 1. The number of benzene rings is 1. The van der Waals surface area contributed by atoms with Crippen molar-refractivity contribution in [1.29, 1.82) is 0 Å². The number of hydrogen-bond acceptors (Lipinski definition) is 4. The molecular weight excluding hydrogens is 264 g/mol. The Morgan fingerprint density at radius 2 is 1.95 bits per heavy atom. The van der Waals surface area contributed by atoms with Gasteiger partial charge in [0.25, 0.3) is 0 Å². The highest BCUT2D eigenvalue weighted by molar-refractivity contribution is 5.31. The molecule has 0 radical (unpaired) electrons. The predicted molar refractivity (Wildman–Crippen MR) is 83.3 cm³/mol. The molecule has 1 aromatic heterocycles. The zero-order valence-corrected chi connectivity index (χ0v) is 12.8. The van der Waals surface area contributed by atoms with Gasteiger partial charge < -0.3 is 15.2 Å². The van der Waals surface area contributed by atoms with Crippen LogP contribution in [0, 0.1) is 0 Å². The second-order valence-corrected chi connectivity index (χ2v) is 6.02. The minimum absolute atomic E-state index is 0.00202. The molecule has 0 fully saturated rings. The van der Waals surface area contributed by atoms with Gasteiger partial charge in [-0.05, 0) is 44.0 Å². The van der Waals surface area contributed by atoms with Crippen molar-refractivity contribution in [3.63, 3.8) is 0 Å². The summed E-state index contributed by atoms with van der Waals surface area (Å²) < 4.78 is 5.68. The van der Waals surface area contributed by atoms with Crippen molar-refractivity contribution in [2.24, 2.45) is 0 Å². The molecule has 21 heavy (non-hydrogen) atoms. The Labute approximate surface area is 125 Å². The van der Waals surface area contributed by atoms with Crippen LogP contribution in [0.15, 0.2) is 42.6 Å². The molecule has 0 unspecified atom stereocenters. The van der Waals surface area contributed by atoms with Gasteiger partial charge in [-0.15, -0.1) is 0 Å². The minimum atomic E-state index is 0.00202. The van der Waals surface area contributed by atoms with E-state index in [1.807, 2.05) is 36.5 Å². The molecule has 0 saturated heterocycles. The lowest BCUT2D eigenvalue weighted by molar-refractivity contribution is 0.281. The van der Waals surface area contributed by atoms with E-state index in [0.717, 1.165) is 17.7 Å². The van der Waals surface area contributed by atoms with Crippen molar-refractivity contribution in [1.82, 2.24) is 10.3 Å². The first-order valence-corrected chi connectivity index (χ1v) is 7.04. The number of pyridine rings is 1. The number of ether oxygens (including phenoxy) is 1. The third-order valence-corrected chi connectivity index (χ3v) is 2.92. The van der Waals surface area contributed by atoms with E-state index in [0.29, 0.717) is 11.6 Å². The number of aliphatic hydroxyl groups excluding tert-OH is 1. The average Bonchev–Trinajstić information content (AvgIpc) is 2.46. The third-order valence-electron chi connectivity index (χ3n) is 2.92. The maximum atomic E-state index is 9.11. The number of rotatable bonds is 5. The van der Waals surface area contributed by atoms with Crippen molar-refractivity contribution in [2.45, 2.75) is 39.5 Å². The van der Waals surface area contributed by atoms with Gasteiger partial charge in [0.05, 0.1) is 6.61 Å². The SMILES string of the molecule is CC(C)(C)NCc1ccc(Oc2cccc(CO)c2)nc1. The lowest BCUT2D eigenvalue weighted by Gasteiger charge is -2.20. The maximum Gasteiger partial charge on any atom is 0.219 e. The predicted octanol–water partition coefficient (Wildman–Crippen LogP) is 3.25. The number of nitrogens with one attached hydrogen (secondary N) is 1. The number of hydrogen-bond donors (Lipinski definition) is 2. The summed E-state index contributed by atoms with van der Waals surface area (Å²) in [5.41, 5.74) is 2.01.